The van der Waals surface area contributed by atoms with E-state index in [1.807, 2.05) is 0 Å². The summed E-state index contributed by atoms with van der Waals surface area (Å²) in [5.74, 6) is -1.39. The van der Waals surface area contributed by atoms with Crippen LogP contribution in [0.15, 0.2) is 12.3 Å². The first-order chi connectivity index (χ1) is 6.50. The highest BCUT2D eigenvalue weighted by molar-refractivity contribution is 9.09. The lowest BCUT2D eigenvalue weighted by atomic mass is 10.3. The summed E-state index contributed by atoms with van der Waals surface area (Å²) in [7, 11) is 0. The smallest absolute Gasteiger partial charge is 0.387 e. The van der Waals surface area contributed by atoms with Crippen LogP contribution in [-0.4, -0.2) is 11.6 Å². The number of ether oxygens (including phenoxy) is 1. The third-order valence-corrected chi connectivity index (χ3v) is 1.93. The lowest BCUT2D eigenvalue weighted by molar-refractivity contribution is -0.0523. The summed E-state index contributed by atoms with van der Waals surface area (Å²) in [6.07, 6.45) is 0.852. The molecule has 0 saturated carbocycles. The molecule has 0 amide bonds. The Kier molecular flexibility index (Phi) is 3.74. The first-order valence-corrected chi connectivity index (χ1v) is 4.66. The molecule has 2 nitrogen and oxygen atoms in total. The second-order valence-corrected chi connectivity index (χ2v) is 3.91. The molecule has 6 heteroatoms. The fourth-order valence-electron chi connectivity index (χ4n) is 0.839. The van der Waals surface area contributed by atoms with Crippen molar-refractivity contribution in [2.45, 2.75) is 18.4 Å². The van der Waals surface area contributed by atoms with Crippen LogP contribution in [0.4, 0.5) is 13.2 Å². The molecular weight excluding hydrogens is 263 g/mol. The molecule has 0 saturated heterocycles. The molecule has 0 fully saturated rings. The van der Waals surface area contributed by atoms with Gasteiger partial charge in [0.15, 0.2) is 11.6 Å². The monoisotopic (exact) mass is 269 g/mol. The largest absolute Gasteiger partial charge is 0.432 e. The Balaban J connectivity index is 2.96. The maximum Gasteiger partial charge on any atom is 0.387 e. The molecule has 14 heavy (non-hydrogen) atoms. The molecule has 0 aromatic carbocycles. The van der Waals surface area contributed by atoms with Crippen LogP contribution in [0.25, 0.3) is 0 Å². The van der Waals surface area contributed by atoms with E-state index < -0.39 is 18.2 Å². The van der Waals surface area contributed by atoms with Crippen LogP contribution in [0.5, 0.6) is 5.75 Å². The summed E-state index contributed by atoms with van der Waals surface area (Å²) in [5, 5.41) is 0. The topological polar surface area (TPSA) is 22.1 Å². The molecule has 78 valence electrons. The van der Waals surface area contributed by atoms with Crippen LogP contribution in [-0.2, 0) is 0 Å². The van der Waals surface area contributed by atoms with E-state index >= 15 is 0 Å². The molecule has 0 radical (unpaired) electrons. The summed E-state index contributed by atoms with van der Waals surface area (Å²) in [4.78, 5) is 3.55. The Bertz CT molecular complexity index is 319. The van der Waals surface area contributed by atoms with Gasteiger partial charge in [-0.15, -0.1) is 0 Å². The average molecular weight is 270 g/mol. The molecular formula is C8H7BrF3NO. The van der Waals surface area contributed by atoms with Gasteiger partial charge in [0.25, 0.3) is 0 Å². The molecule has 1 atom stereocenters. The van der Waals surface area contributed by atoms with E-state index in [0.29, 0.717) is 5.69 Å². The molecule has 0 spiro atoms. The Hall–Kier alpha value is -0.780. The Morgan fingerprint density at radius 2 is 2.14 bits per heavy atom. The van der Waals surface area contributed by atoms with Gasteiger partial charge >= 0.3 is 6.61 Å². The number of pyridine rings is 1. The number of hydrogen-bond donors (Lipinski definition) is 0. The molecule has 0 aliphatic rings. The summed E-state index contributed by atoms with van der Waals surface area (Å²) in [6.45, 7) is -1.29. The number of nitrogens with zero attached hydrogens (tertiary/aromatic N) is 1. The highest BCUT2D eigenvalue weighted by Crippen LogP contribution is 2.25. The zero-order valence-corrected chi connectivity index (χ0v) is 8.76. The predicted molar refractivity (Wildman–Crippen MR) is 48.2 cm³/mol. The molecule has 1 aromatic heterocycles. The van der Waals surface area contributed by atoms with Crippen molar-refractivity contribution in [2.75, 3.05) is 0 Å². The maximum atomic E-state index is 12.9. The van der Waals surface area contributed by atoms with E-state index in [1.165, 1.54) is 0 Å². The van der Waals surface area contributed by atoms with Gasteiger partial charge in [0.05, 0.1) is 16.7 Å². The van der Waals surface area contributed by atoms with Gasteiger partial charge in [-0.25, -0.2) is 4.39 Å². The molecule has 1 rings (SSSR count). The minimum atomic E-state index is -3.04. The molecule has 0 bridgehead atoms. The van der Waals surface area contributed by atoms with Crippen molar-refractivity contribution in [1.29, 1.82) is 0 Å². The van der Waals surface area contributed by atoms with E-state index in [0.717, 1.165) is 12.3 Å². The van der Waals surface area contributed by atoms with Crippen LogP contribution in [0.1, 0.15) is 17.4 Å². The predicted octanol–water partition coefficient (Wildman–Crippen LogP) is 3.28. The number of aromatic nitrogens is 1. The van der Waals surface area contributed by atoms with Crippen molar-refractivity contribution < 1.29 is 17.9 Å². The first kappa shape index (κ1) is 11.3. The second kappa shape index (κ2) is 4.63. The van der Waals surface area contributed by atoms with E-state index in [2.05, 4.69) is 25.7 Å². The van der Waals surface area contributed by atoms with Crippen LogP contribution in [0, 0.1) is 5.82 Å². The number of halogens is 4. The van der Waals surface area contributed by atoms with E-state index in [-0.39, 0.29) is 4.83 Å². The van der Waals surface area contributed by atoms with Gasteiger partial charge in [-0.05, 0) is 6.92 Å². The molecule has 0 aliphatic carbocycles. The quantitative estimate of drug-likeness (QED) is 0.786. The number of hydrogen-bond acceptors (Lipinski definition) is 2. The standard InChI is InChI=1S/C8H7BrF3NO/c1-4(9)6-2-7(14-8(11)12)5(10)3-13-6/h2-4,8H,1H3. The molecule has 1 aromatic rings. The zero-order valence-electron chi connectivity index (χ0n) is 7.18. The first-order valence-electron chi connectivity index (χ1n) is 3.75. The number of rotatable bonds is 3. The van der Waals surface area contributed by atoms with Gasteiger partial charge < -0.3 is 4.74 Å². The highest BCUT2D eigenvalue weighted by atomic mass is 79.9. The van der Waals surface area contributed by atoms with Crippen molar-refractivity contribution in [2.24, 2.45) is 0 Å². The van der Waals surface area contributed by atoms with Crippen molar-refractivity contribution in [3.8, 4) is 5.75 Å². The molecule has 1 heterocycles. The van der Waals surface area contributed by atoms with Crippen LogP contribution < -0.4 is 4.74 Å². The van der Waals surface area contributed by atoms with Crippen molar-refractivity contribution in [3.05, 3.63) is 23.8 Å². The van der Waals surface area contributed by atoms with E-state index in [4.69, 9.17) is 0 Å². The molecule has 1 unspecified atom stereocenters. The van der Waals surface area contributed by atoms with Gasteiger partial charge in [-0.3, -0.25) is 4.98 Å². The van der Waals surface area contributed by atoms with Crippen LogP contribution >= 0.6 is 15.9 Å². The average Bonchev–Trinajstić information content (AvgIpc) is 2.07. The van der Waals surface area contributed by atoms with Crippen molar-refractivity contribution in [1.82, 2.24) is 4.98 Å². The van der Waals surface area contributed by atoms with Crippen molar-refractivity contribution in [3.63, 3.8) is 0 Å². The minimum Gasteiger partial charge on any atom is -0.432 e. The van der Waals surface area contributed by atoms with Crippen LogP contribution in [0.3, 0.4) is 0 Å². The summed E-state index contributed by atoms with van der Waals surface area (Å²) < 4.78 is 40.4. The lowest BCUT2D eigenvalue weighted by Gasteiger charge is -2.08. The van der Waals surface area contributed by atoms with Gasteiger partial charge in [-0.1, -0.05) is 15.9 Å². The SMILES string of the molecule is CC(Br)c1cc(OC(F)F)c(F)cn1. The van der Waals surface area contributed by atoms with Crippen LogP contribution in [0.2, 0.25) is 0 Å². The fourth-order valence-corrected chi connectivity index (χ4v) is 1.09. The van der Waals surface area contributed by atoms with Crippen molar-refractivity contribution >= 4 is 15.9 Å². The van der Waals surface area contributed by atoms with Gasteiger partial charge in [0, 0.05) is 6.07 Å². The second-order valence-electron chi connectivity index (χ2n) is 2.53. The minimum absolute atomic E-state index is 0.150. The number of alkyl halides is 3. The molecule has 0 N–H and O–H groups in total. The summed E-state index contributed by atoms with van der Waals surface area (Å²) in [5.41, 5.74) is 0.432. The third kappa shape index (κ3) is 2.87. The van der Waals surface area contributed by atoms with Gasteiger partial charge in [0.2, 0.25) is 0 Å². The highest BCUT2D eigenvalue weighted by Gasteiger charge is 2.13. The fraction of sp³-hybridized carbons (Fsp3) is 0.375. The summed E-state index contributed by atoms with van der Waals surface area (Å²) >= 11 is 3.18. The Labute approximate surface area is 87.2 Å². The normalized spacial score (nSPS) is 13.0. The zero-order chi connectivity index (χ0) is 10.7. The Morgan fingerprint density at radius 1 is 1.50 bits per heavy atom. The summed E-state index contributed by atoms with van der Waals surface area (Å²) in [6, 6.07) is 1.14. The molecule has 0 aliphatic heterocycles. The maximum absolute atomic E-state index is 12.9. The van der Waals surface area contributed by atoms with Gasteiger partial charge in [-0.2, -0.15) is 8.78 Å². The van der Waals surface area contributed by atoms with Gasteiger partial charge in [0.1, 0.15) is 0 Å². The van der Waals surface area contributed by atoms with E-state index in [1.54, 1.807) is 6.92 Å². The Morgan fingerprint density at radius 3 is 2.64 bits per heavy atom. The van der Waals surface area contributed by atoms with E-state index in [9.17, 15) is 13.2 Å². The third-order valence-electron chi connectivity index (χ3n) is 1.46. The lowest BCUT2D eigenvalue weighted by Crippen LogP contribution is -2.05.